The zero-order valence-corrected chi connectivity index (χ0v) is 20.5. The fourth-order valence-electron chi connectivity index (χ4n) is 3.78. The Morgan fingerprint density at radius 3 is 2.31 bits per heavy atom. The normalized spacial score (nSPS) is 11.2. The number of benzene rings is 1. The van der Waals surface area contributed by atoms with Crippen LogP contribution < -0.4 is 20.3 Å². The van der Waals surface area contributed by atoms with E-state index < -0.39 is 0 Å². The van der Waals surface area contributed by atoms with Crippen LogP contribution in [0.2, 0.25) is 0 Å². The van der Waals surface area contributed by atoms with Gasteiger partial charge >= 0.3 is 0 Å². The molecule has 0 saturated carbocycles. The summed E-state index contributed by atoms with van der Waals surface area (Å²) in [5, 5.41) is 3.66. The van der Waals surface area contributed by atoms with E-state index in [4.69, 9.17) is 9.47 Å². The molecule has 1 aromatic carbocycles. The minimum atomic E-state index is -0.175. The second kappa shape index (κ2) is 13.1. The summed E-state index contributed by atoms with van der Waals surface area (Å²) in [7, 11) is 0. The van der Waals surface area contributed by atoms with Gasteiger partial charge in [0.1, 0.15) is 0 Å². The molecule has 0 unspecified atom stereocenters. The number of unbranched alkanes of at least 4 members (excludes halogenated alkanes) is 6. The first-order valence-corrected chi connectivity index (χ1v) is 12.2. The number of amides is 1. The number of anilines is 1. The number of carbonyl (C=O) groups excluding carboxylic acids is 1. The van der Waals surface area contributed by atoms with Gasteiger partial charge in [0.05, 0.1) is 18.2 Å². The summed E-state index contributed by atoms with van der Waals surface area (Å²) in [5.74, 6) is 0.647. The van der Waals surface area contributed by atoms with Gasteiger partial charge in [-0.2, -0.15) is 0 Å². The molecule has 0 fully saturated rings. The lowest BCUT2D eigenvalue weighted by Gasteiger charge is -2.20. The molecule has 0 radical (unpaired) electrons. The third kappa shape index (κ3) is 7.28. The number of pyridine rings is 1. The highest BCUT2D eigenvalue weighted by Gasteiger charge is 2.21. The van der Waals surface area contributed by atoms with Gasteiger partial charge in [0.15, 0.2) is 5.75 Å². The molecule has 1 aromatic heterocycles. The van der Waals surface area contributed by atoms with Crippen molar-refractivity contribution in [2.45, 2.75) is 98.6 Å². The molecule has 178 valence electrons. The van der Waals surface area contributed by atoms with Crippen molar-refractivity contribution in [2.24, 2.45) is 0 Å². The first-order chi connectivity index (χ1) is 15.4. The molecule has 0 aliphatic carbocycles. The van der Waals surface area contributed by atoms with Crippen molar-refractivity contribution in [1.82, 2.24) is 4.57 Å². The van der Waals surface area contributed by atoms with Gasteiger partial charge in [-0.3, -0.25) is 9.59 Å². The van der Waals surface area contributed by atoms with E-state index in [1.165, 1.54) is 13.3 Å². The quantitative estimate of drug-likeness (QED) is 0.348. The molecular weight excluding hydrogens is 404 g/mol. The Hall–Kier alpha value is -2.50. The van der Waals surface area contributed by atoms with Crippen molar-refractivity contribution in [2.75, 3.05) is 11.9 Å². The Morgan fingerprint density at radius 1 is 1.00 bits per heavy atom. The zero-order chi connectivity index (χ0) is 23.5. The average molecular weight is 445 g/mol. The number of fused-ring (bicyclic) bond motifs is 1. The van der Waals surface area contributed by atoms with E-state index in [1.807, 2.05) is 32.0 Å². The molecule has 2 aromatic rings. The van der Waals surface area contributed by atoms with Crippen LogP contribution in [0.3, 0.4) is 0 Å². The van der Waals surface area contributed by atoms with Crippen LogP contribution in [0.1, 0.15) is 86.0 Å². The number of aryl methyl sites for hydroxylation is 1. The maximum Gasteiger partial charge on any atom is 0.297 e. The first-order valence-electron chi connectivity index (χ1n) is 12.2. The predicted molar refractivity (Wildman–Crippen MR) is 132 cm³/mol. The Kier molecular flexibility index (Phi) is 10.6. The largest absolute Gasteiger partial charge is 0.489 e. The van der Waals surface area contributed by atoms with Crippen molar-refractivity contribution < 1.29 is 14.3 Å². The van der Waals surface area contributed by atoms with Gasteiger partial charge in [-0.15, -0.1) is 0 Å². The maximum absolute atomic E-state index is 13.5. The SMILES string of the molecule is CCCCCCOc1c(OC(C)C)c(=O)n(CCCCCC)c2cc(NC(C)=O)ccc12. The van der Waals surface area contributed by atoms with Gasteiger partial charge < -0.3 is 19.4 Å². The average Bonchev–Trinajstić information content (AvgIpc) is 2.74. The summed E-state index contributed by atoms with van der Waals surface area (Å²) in [5.41, 5.74) is 1.25. The second-order valence-electron chi connectivity index (χ2n) is 8.66. The monoisotopic (exact) mass is 444 g/mol. The number of nitrogens with one attached hydrogen (secondary N) is 1. The summed E-state index contributed by atoms with van der Waals surface area (Å²) >= 11 is 0. The molecule has 1 N–H and O–H groups in total. The van der Waals surface area contributed by atoms with Gasteiger partial charge in [-0.05, 0) is 44.9 Å². The fraction of sp³-hybridized carbons (Fsp3) is 0.615. The van der Waals surface area contributed by atoms with Crippen molar-refractivity contribution in [3.63, 3.8) is 0 Å². The van der Waals surface area contributed by atoms with Crippen LogP contribution in [0, 0.1) is 0 Å². The fourth-order valence-corrected chi connectivity index (χ4v) is 3.78. The number of rotatable bonds is 14. The lowest BCUT2D eigenvalue weighted by Crippen LogP contribution is -2.26. The standard InChI is InChI=1S/C26H40N2O4/c1-6-8-10-12-16-28-23-18-21(27-20(5)29)14-15-22(23)24(31-17-13-11-9-7-2)25(26(28)30)32-19(3)4/h14-15,18-19H,6-13,16-17H2,1-5H3,(H,27,29). The van der Waals surface area contributed by atoms with Crippen LogP contribution in [-0.2, 0) is 11.3 Å². The van der Waals surface area contributed by atoms with Crippen molar-refractivity contribution >= 4 is 22.5 Å². The molecule has 0 bridgehead atoms. The first kappa shape index (κ1) is 25.8. The van der Waals surface area contributed by atoms with Gasteiger partial charge in [0, 0.05) is 24.5 Å². The van der Waals surface area contributed by atoms with E-state index in [1.54, 1.807) is 4.57 Å². The molecule has 6 heteroatoms. The molecule has 0 spiro atoms. The summed E-state index contributed by atoms with van der Waals surface area (Å²) < 4.78 is 13.9. The highest BCUT2D eigenvalue weighted by molar-refractivity contribution is 5.94. The van der Waals surface area contributed by atoms with Gasteiger partial charge in [-0.25, -0.2) is 0 Å². The van der Waals surface area contributed by atoms with Gasteiger partial charge in [0.2, 0.25) is 11.7 Å². The lowest BCUT2D eigenvalue weighted by molar-refractivity contribution is -0.114. The van der Waals surface area contributed by atoms with Crippen molar-refractivity contribution in [3.05, 3.63) is 28.6 Å². The number of carbonyl (C=O) groups is 1. The molecule has 0 aliphatic rings. The van der Waals surface area contributed by atoms with Crippen LogP contribution in [0.25, 0.3) is 10.9 Å². The number of aromatic nitrogens is 1. The highest BCUT2D eigenvalue weighted by Crippen LogP contribution is 2.35. The second-order valence-corrected chi connectivity index (χ2v) is 8.66. The molecule has 1 heterocycles. The molecule has 1 amide bonds. The number of hydrogen-bond donors (Lipinski definition) is 1. The zero-order valence-electron chi connectivity index (χ0n) is 20.5. The van der Waals surface area contributed by atoms with E-state index in [0.29, 0.717) is 24.6 Å². The molecule has 32 heavy (non-hydrogen) atoms. The van der Waals surface area contributed by atoms with E-state index in [-0.39, 0.29) is 23.3 Å². The Morgan fingerprint density at radius 2 is 1.69 bits per heavy atom. The third-order valence-electron chi connectivity index (χ3n) is 5.33. The maximum atomic E-state index is 13.5. The van der Waals surface area contributed by atoms with Crippen LogP contribution >= 0.6 is 0 Å². The molecule has 6 nitrogen and oxygen atoms in total. The van der Waals surface area contributed by atoms with E-state index in [0.717, 1.165) is 55.8 Å². The van der Waals surface area contributed by atoms with Crippen molar-refractivity contribution in [1.29, 1.82) is 0 Å². The lowest BCUT2D eigenvalue weighted by atomic mass is 10.1. The molecule has 0 aliphatic heterocycles. The third-order valence-corrected chi connectivity index (χ3v) is 5.33. The summed E-state index contributed by atoms with van der Waals surface area (Å²) in [6.07, 6.45) is 8.44. The molecule has 0 atom stereocenters. The van der Waals surface area contributed by atoms with E-state index in [2.05, 4.69) is 19.2 Å². The highest BCUT2D eigenvalue weighted by atomic mass is 16.5. The minimum absolute atomic E-state index is 0.144. The smallest absolute Gasteiger partial charge is 0.297 e. The number of nitrogens with zero attached hydrogens (tertiary/aromatic N) is 1. The number of ether oxygens (including phenoxy) is 2. The summed E-state index contributed by atoms with van der Waals surface area (Å²) in [6, 6.07) is 5.62. The van der Waals surface area contributed by atoms with Crippen LogP contribution in [0.15, 0.2) is 23.0 Å². The summed E-state index contributed by atoms with van der Waals surface area (Å²) in [4.78, 5) is 25.1. The Balaban J connectivity index is 2.56. The summed E-state index contributed by atoms with van der Waals surface area (Å²) in [6.45, 7) is 10.8. The minimum Gasteiger partial charge on any atom is -0.489 e. The van der Waals surface area contributed by atoms with Gasteiger partial charge in [-0.1, -0.05) is 52.4 Å². The topological polar surface area (TPSA) is 69.6 Å². The van der Waals surface area contributed by atoms with Crippen molar-refractivity contribution in [3.8, 4) is 11.5 Å². The Bertz CT molecular complexity index is 934. The number of hydrogen-bond acceptors (Lipinski definition) is 4. The Labute approximate surface area is 192 Å². The van der Waals surface area contributed by atoms with Crippen LogP contribution in [0.4, 0.5) is 5.69 Å². The molecule has 2 rings (SSSR count). The van der Waals surface area contributed by atoms with E-state index >= 15 is 0 Å². The van der Waals surface area contributed by atoms with Crippen LogP contribution in [0.5, 0.6) is 11.5 Å². The van der Waals surface area contributed by atoms with Crippen LogP contribution in [-0.4, -0.2) is 23.2 Å². The van der Waals surface area contributed by atoms with Gasteiger partial charge in [0.25, 0.3) is 5.56 Å². The molecular formula is C26H40N2O4. The predicted octanol–water partition coefficient (Wildman–Crippen LogP) is 6.29. The van der Waals surface area contributed by atoms with E-state index in [9.17, 15) is 9.59 Å². The molecule has 0 saturated heterocycles.